The first-order chi connectivity index (χ1) is 9.97. The molecule has 0 saturated heterocycles. The number of amides is 2. The first-order valence-corrected chi connectivity index (χ1v) is 7.80. The maximum Gasteiger partial charge on any atom is 0.313 e. The normalized spacial score (nSPS) is 21.7. The second-order valence-corrected chi connectivity index (χ2v) is 6.26. The minimum absolute atomic E-state index is 0.0673. The van der Waals surface area contributed by atoms with Crippen molar-refractivity contribution in [2.45, 2.75) is 38.6 Å². The molecular weight excluding hydrogens is 311 g/mol. The third kappa shape index (κ3) is 4.35. The number of hydrogen-bond donors (Lipinski definition) is 2. The van der Waals surface area contributed by atoms with Crippen LogP contribution in [0.1, 0.15) is 32.6 Å². The maximum absolute atomic E-state index is 11.9. The van der Waals surface area contributed by atoms with Crippen molar-refractivity contribution in [3.63, 3.8) is 0 Å². The van der Waals surface area contributed by atoms with Gasteiger partial charge in [0.05, 0.1) is 10.7 Å². The fourth-order valence-electron chi connectivity index (χ4n) is 2.53. The third-order valence-electron chi connectivity index (χ3n) is 3.81. The predicted octanol–water partition coefficient (Wildman–Crippen LogP) is 3.63. The van der Waals surface area contributed by atoms with Crippen LogP contribution >= 0.6 is 23.2 Å². The second-order valence-electron chi connectivity index (χ2n) is 5.42. The molecule has 2 amide bonds. The zero-order chi connectivity index (χ0) is 15.4. The van der Waals surface area contributed by atoms with Crippen LogP contribution in [-0.2, 0) is 9.59 Å². The first-order valence-electron chi connectivity index (χ1n) is 7.04. The lowest BCUT2D eigenvalue weighted by Crippen LogP contribution is -2.45. The fourth-order valence-corrected chi connectivity index (χ4v) is 2.99. The fraction of sp³-hybridized carbons (Fsp3) is 0.467. The molecule has 1 saturated carbocycles. The summed E-state index contributed by atoms with van der Waals surface area (Å²) < 4.78 is 0. The minimum Gasteiger partial charge on any atom is -0.345 e. The van der Waals surface area contributed by atoms with Crippen LogP contribution < -0.4 is 10.6 Å². The number of nitrogens with one attached hydrogen (secondary N) is 2. The highest BCUT2D eigenvalue weighted by Crippen LogP contribution is 2.26. The van der Waals surface area contributed by atoms with E-state index in [4.69, 9.17) is 23.2 Å². The molecule has 2 atom stereocenters. The van der Waals surface area contributed by atoms with Gasteiger partial charge < -0.3 is 10.6 Å². The van der Waals surface area contributed by atoms with E-state index < -0.39 is 11.8 Å². The van der Waals surface area contributed by atoms with Crippen molar-refractivity contribution in [2.75, 3.05) is 5.32 Å². The SMILES string of the molecule is C[C@H]1CCCC[C@H]1NC(=O)C(=O)Nc1ccc(Cl)cc1Cl. The average Bonchev–Trinajstić information content (AvgIpc) is 2.44. The molecule has 1 aliphatic carbocycles. The van der Waals surface area contributed by atoms with Gasteiger partial charge in [0.15, 0.2) is 0 Å². The van der Waals surface area contributed by atoms with Crippen molar-refractivity contribution in [1.82, 2.24) is 5.32 Å². The van der Waals surface area contributed by atoms with Crippen LogP contribution in [0.5, 0.6) is 0 Å². The molecule has 0 spiro atoms. The van der Waals surface area contributed by atoms with Gasteiger partial charge in [-0.25, -0.2) is 0 Å². The summed E-state index contributed by atoms with van der Waals surface area (Å²) in [5.74, 6) is -0.939. The molecule has 2 N–H and O–H groups in total. The molecule has 0 radical (unpaired) electrons. The van der Waals surface area contributed by atoms with Crippen molar-refractivity contribution >= 4 is 40.7 Å². The highest BCUT2D eigenvalue weighted by molar-refractivity contribution is 6.42. The molecule has 1 aromatic carbocycles. The first kappa shape index (κ1) is 16.1. The number of rotatable bonds is 2. The Kier molecular flexibility index (Phi) is 5.48. The Bertz CT molecular complexity index is 548. The Labute approximate surface area is 134 Å². The zero-order valence-corrected chi connectivity index (χ0v) is 13.3. The van der Waals surface area contributed by atoms with Crippen molar-refractivity contribution in [2.24, 2.45) is 5.92 Å². The van der Waals surface area contributed by atoms with E-state index in [1.165, 1.54) is 12.5 Å². The molecule has 0 aliphatic heterocycles. The summed E-state index contributed by atoms with van der Waals surface area (Å²) in [6.45, 7) is 2.10. The highest BCUT2D eigenvalue weighted by Gasteiger charge is 2.25. The van der Waals surface area contributed by atoms with Gasteiger partial charge >= 0.3 is 11.8 Å². The van der Waals surface area contributed by atoms with Crippen molar-refractivity contribution in [3.05, 3.63) is 28.2 Å². The maximum atomic E-state index is 11.9. The lowest BCUT2D eigenvalue weighted by molar-refractivity contribution is -0.137. The van der Waals surface area contributed by atoms with Crippen LogP contribution in [0.2, 0.25) is 10.0 Å². The summed E-state index contributed by atoms with van der Waals surface area (Å²) >= 11 is 11.7. The van der Waals surface area contributed by atoms with E-state index >= 15 is 0 Å². The number of anilines is 1. The van der Waals surface area contributed by atoms with Crippen LogP contribution in [0.4, 0.5) is 5.69 Å². The van der Waals surface area contributed by atoms with Crippen molar-refractivity contribution < 1.29 is 9.59 Å². The molecule has 114 valence electrons. The van der Waals surface area contributed by atoms with Gasteiger partial charge in [0.2, 0.25) is 0 Å². The average molecular weight is 329 g/mol. The summed E-state index contributed by atoms with van der Waals surface area (Å²) in [4.78, 5) is 23.9. The van der Waals surface area contributed by atoms with Gasteiger partial charge in [0.1, 0.15) is 0 Å². The predicted molar refractivity (Wildman–Crippen MR) is 84.7 cm³/mol. The molecule has 1 aromatic rings. The summed E-state index contributed by atoms with van der Waals surface area (Å²) in [5, 5.41) is 6.07. The molecule has 0 aromatic heterocycles. The number of benzene rings is 1. The molecule has 2 rings (SSSR count). The van der Waals surface area contributed by atoms with Crippen molar-refractivity contribution in [1.29, 1.82) is 0 Å². The summed E-state index contributed by atoms with van der Waals surface area (Å²) in [6, 6.07) is 4.75. The Hall–Kier alpha value is -1.26. The van der Waals surface area contributed by atoms with E-state index in [2.05, 4.69) is 17.6 Å². The van der Waals surface area contributed by atoms with Gasteiger partial charge in [-0.05, 0) is 37.0 Å². The monoisotopic (exact) mass is 328 g/mol. The van der Waals surface area contributed by atoms with Crippen LogP contribution in [-0.4, -0.2) is 17.9 Å². The molecule has 0 bridgehead atoms. The van der Waals surface area contributed by atoms with Crippen LogP contribution in [0, 0.1) is 5.92 Å². The van der Waals surface area contributed by atoms with E-state index in [0.29, 0.717) is 21.7 Å². The lowest BCUT2D eigenvalue weighted by Gasteiger charge is -2.29. The van der Waals surface area contributed by atoms with Crippen LogP contribution in [0.25, 0.3) is 0 Å². The van der Waals surface area contributed by atoms with Gasteiger partial charge in [-0.15, -0.1) is 0 Å². The molecule has 6 heteroatoms. The second kappa shape index (κ2) is 7.14. The molecule has 21 heavy (non-hydrogen) atoms. The van der Waals surface area contributed by atoms with Gasteiger partial charge in [-0.1, -0.05) is 43.0 Å². The molecule has 0 unspecified atom stereocenters. The van der Waals surface area contributed by atoms with E-state index in [-0.39, 0.29) is 6.04 Å². The van der Waals surface area contributed by atoms with E-state index in [1.807, 2.05) is 0 Å². The molecule has 0 heterocycles. The van der Waals surface area contributed by atoms with Gasteiger partial charge in [0, 0.05) is 11.1 Å². The lowest BCUT2D eigenvalue weighted by atomic mass is 9.86. The smallest absolute Gasteiger partial charge is 0.313 e. The largest absolute Gasteiger partial charge is 0.345 e. The van der Waals surface area contributed by atoms with Gasteiger partial charge in [0.25, 0.3) is 0 Å². The Morgan fingerprint density at radius 2 is 1.86 bits per heavy atom. The summed E-state index contributed by atoms with van der Waals surface area (Å²) in [7, 11) is 0. The Balaban J connectivity index is 1.94. The van der Waals surface area contributed by atoms with Crippen molar-refractivity contribution in [3.8, 4) is 0 Å². The molecular formula is C15H18Cl2N2O2. The third-order valence-corrected chi connectivity index (χ3v) is 4.36. The summed E-state index contributed by atoms with van der Waals surface area (Å²) in [5.41, 5.74) is 0.373. The number of halogens is 2. The summed E-state index contributed by atoms with van der Waals surface area (Å²) in [6.07, 6.45) is 4.26. The number of carbonyl (C=O) groups is 2. The van der Waals surface area contributed by atoms with Crippen LogP contribution in [0.15, 0.2) is 18.2 Å². The van der Waals surface area contributed by atoms with E-state index in [9.17, 15) is 9.59 Å². The van der Waals surface area contributed by atoms with Crippen LogP contribution in [0.3, 0.4) is 0 Å². The quantitative estimate of drug-likeness (QED) is 0.814. The van der Waals surface area contributed by atoms with E-state index in [0.717, 1.165) is 19.3 Å². The zero-order valence-electron chi connectivity index (χ0n) is 11.8. The Morgan fingerprint density at radius 1 is 1.14 bits per heavy atom. The van der Waals surface area contributed by atoms with Gasteiger partial charge in [-0.2, -0.15) is 0 Å². The number of hydrogen-bond acceptors (Lipinski definition) is 2. The topological polar surface area (TPSA) is 58.2 Å². The molecule has 1 aliphatic rings. The Morgan fingerprint density at radius 3 is 2.52 bits per heavy atom. The minimum atomic E-state index is -0.711. The molecule has 1 fully saturated rings. The van der Waals surface area contributed by atoms with E-state index in [1.54, 1.807) is 12.1 Å². The number of carbonyl (C=O) groups excluding carboxylic acids is 2. The molecule has 4 nitrogen and oxygen atoms in total. The highest BCUT2D eigenvalue weighted by atomic mass is 35.5. The standard InChI is InChI=1S/C15H18Cl2N2O2/c1-9-4-2-3-5-12(9)18-14(20)15(21)19-13-7-6-10(16)8-11(13)17/h6-9,12H,2-5H2,1H3,(H,18,20)(H,19,21)/t9-,12+/m0/s1. The van der Waals surface area contributed by atoms with Gasteiger partial charge in [-0.3, -0.25) is 9.59 Å².